The zero-order chi connectivity index (χ0) is 14.8. The topological polar surface area (TPSA) is 127 Å². The second kappa shape index (κ2) is 5.16. The van der Waals surface area contributed by atoms with E-state index in [2.05, 4.69) is 19.9 Å². The highest BCUT2D eigenvalue weighted by molar-refractivity contribution is 5.92. The lowest BCUT2D eigenvalue weighted by Crippen LogP contribution is -2.35. The lowest BCUT2D eigenvalue weighted by Gasteiger charge is -2.01. The van der Waals surface area contributed by atoms with E-state index in [1.165, 1.54) is 6.33 Å². The number of primary amides is 1. The molecule has 5 N–H and O–H groups in total. The Hall–Kier alpha value is -3.03. The van der Waals surface area contributed by atoms with Crippen LogP contribution in [-0.2, 0) is 13.0 Å². The van der Waals surface area contributed by atoms with Crippen molar-refractivity contribution >= 4 is 22.9 Å². The molecule has 3 rings (SSSR count). The first-order valence-corrected chi connectivity index (χ1v) is 6.38. The monoisotopic (exact) mass is 284 g/mol. The molecule has 0 saturated heterocycles. The number of rotatable bonds is 4. The molecule has 3 heterocycles. The molecule has 0 atom stereocenters. The van der Waals surface area contributed by atoms with E-state index in [4.69, 9.17) is 11.5 Å². The van der Waals surface area contributed by atoms with Crippen LogP contribution >= 0.6 is 0 Å². The first kappa shape index (κ1) is 13.0. The molecule has 0 aliphatic carbocycles. The van der Waals surface area contributed by atoms with E-state index in [1.807, 2.05) is 10.8 Å². The lowest BCUT2D eigenvalue weighted by atomic mass is 10.2. The zero-order valence-electron chi connectivity index (χ0n) is 11.2. The molecule has 106 valence electrons. The van der Waals surface area contributed by atoms with E-state index in [0.29, 0.717) is 41.3 Å². The maximum absolute atomic E-state index is 11.1. The highest BCUT2D eigenvalue weighted by Crippen LogP contribution is 2.12. The summed E-state index contributed by atoms with van der Waals surface area (Å²) in [6.07, 6.45) is 5.64. The minimum absolute atomic E-state index is 0.378. The Labute approximate surface area is 119 Å². The van der Waals surface area contributed by atoms with Gasteiger partial charge in [0, 0.05) is 6.07 Å². The number of pyridine rings is 1. The number of anilines is 1. The van der Waals surface area contributed by atoms with Gasteiger partial charge in [0.1, 0.15) is 16.9 Å². The van der Waals surface area contributed by atoms with E-state index >= 15 is 0 Å². The Morgan fingerprint density at radius 1 is 1.38 bits per heavy atom. The van der Waals surface area contributed by atoms with E-state index in [-0.39, 0.29) is 0 Å². The summed E-state index contributed by atoms with van der Waals surface area (Å²) >= 11 is 0. The van der Waals surface area contributed by atoms with E-state index in [1.54, 1.807) is 18.3 Å². The zero-order valence-corrected chi connectivity index (χ0v) is 11.2. The van der Waals surface area contributed by atoms with Crippen LogP contribution in [0.5, 0.6) is 0 Å². The predicted molar refractivity (Wildman–Crippen MR) is 75.0 cm³/mol. The normalized spacial score (nSPS) is 10.9. The Kier molecular flexibility index (Phi) is 3.19. The highest BCUT2D eigenvalue weighted by atomic mass is 16.1. The summed E-state index contributed by atoms with van der Waals surface area (Å²) in [6.45, 7) is 0.608. The van der Waals surface area contributed by atoms with Gasteiger partial charge in [0.2, 0.25) is 0 Å². The number of imidazole rings is 1. The Morgan fingerprint density at radius 2 is 2.24 bits per heavy atom. The number of nitrogens with two attached hydrogens (primary N) is 2. The molecule has 0 aromatic carbocycles. The summed E-state index contributed by atoms with van der Waals surface area (Å²) in [5.74, 6) is 0.523. The smallest absolute Gasteiger partial charge is 0.254 e. The number of amides is 1. The van der Waals surface area contributed by atoms with Crippen LogP contribution in [0.25, 0.3) is 11.2 Å². The standard InChI is InChI=1S/C13H13N7O/c14-11-10-13(17-7-16-10)19-9(18-11)3-5-20-4-1-2-8(6-20)12(15)21/h1-2,4,6-7H,3,5H2,(H4-,14,15,16,17,18,19,21)/p+1. The van der Waals surface area contributed by atoms with Gasteiger partial charge >= 0.3 is 0 Å². The molecular formula is C13H14N7O+. The predicted octanol–water partition coefficient (Wildman–Crippen LogP) is -0.436. The number of hydrogen-bond donors (Lipinski definition) is 3. The van der Waals surface area contributed by atoms with Crippen molar-refractivity contribution in [1.29, 1.82) is 0 Å². The molecule has 0 spiro atoms. The van der Waals surface area contributed by atoms with Crippen molar-refractivity contribution < 1.29 is 9.36 Å². The van der Waals surface area contributed by atoms with Gasteiger partial charge in [-0.2, -0.15) is 0 Å². The summed E-state index contributed by atoms with van der Waals surface area (Å²) < 4.78 is 1.86. The van der Waals surface area contributed by atoms with Gasteiger partial charge in [-0.1, -0.05) is 0 Å². The van der Waals surface area contributed by atoms with Gasteiger partial charge < -0.3 is 16.5 Å². The second-order valence-electron chi connectivity index (χ2n) is 4.57. The van der Waals surface area contributed by atoms with E-state index in [0.717, 1.165) is 0 Å². The molecule has 0 saturated carbocycles. The highest BCUT2D eigenvalue weighted by Gasteiger charge is 2.11. The Morgan fingerprint density at radius 3 is 3.05 bits per heavy atom. The number of H-pyrrole nitrogens is 1. The van der Waals surface area contributed by atoms with E-state index < -0.39 is 5.91 Å². The number of fused-ring (bicyclic) bond motifs is 1. The van der Waals surface area contributed by atoms with Crippen molar-refractivity contribution in [2.24, 2.45) is 5.73 Å². The third-order valence-corrected chi connectivity index (χ3v) is 3.10. The van der Waals surface area contributed by atoms with Gasteiger partial charge in [-0.15, -0.1) is 0 Å². The minimum Gasteiger partial charge on any atom is -0.382 e. The average Bonchev–Trinajstić information content (AvgIpc) is 2.94. The largest absolute Gasteiger partial charge is 0.382 e. The van der Waals surface area contributed by atoms with Crippen molar-refractivity contribution in [2.45, 2.75) is 13.0 Å². The number of carbonyl (C=O) groups is 1. The molecule has 0 radical (unpaired) electrons. The van der Waals surface area contributed by atoms with Crippen molar-refractivity contribution in [3.63, 3.8) is 0 Å². The number of nitrogens with one attached hydrogen (secondary N) is 1. The fourth-order valence-corrected chi connectivity index (χ4v) is 2.05. The number of aryl methyl sites for hydroxylation is 2. The first-order chi connectivity index (χ1) is 10.1. The van der Waals surface area contributed by atoms with Gasteiger partial charge in [0.05, 0.1) is 12.7 Å². The molecule has 0 aliphatic rings. The van der Waals surface area contributed by atoms with Crippen LogP contribution in [0.4, 0.5) is 5.82 Å². The molecule has 8 nitrogen and oxygen atoms in total. The summed E-state index contributed by atoms with van der Waals surface area (Å²) in [5.41, 5.74) is 12.7. The minimum atomic E-state index is -0.456. The SMILES string of the molecule is NC(=O)c1ccc[n+](CCc2nc(N)c3[nH]cnc3n2)c1. The van der Waals surface area contributed by atoms with Crippen molar-refractivity contribution in [2.75, 3.05) is 5.73 Å². The van der Waals surface area contributed by atoms with E-state index in [9.17, 15) is 4.79 Å². The third kappa shape index (κ3) is 2.64. The van der Waals surface area contributed by atoms with Crippen LogP contribution in [0.15, 0.2) is 30.9 Å². The van der Waals surface area contributed by atoms with Gasteiger partial charge in [0.15, 0.2) is 30.4 Å². The average molecular weight is 284 g/mol. The fraction of sp³-hybridized carbons (Fsp3) is 0.154. The summed E-state index contributed by atoms with van der Waals surface area (Å²) in [5, 5.41) is 0. The summed E-state index contributed by atoms with van der Waals surface area (Å²) in [4.78, 5) is 26.7. The molecule has 0 aliphatic heterocycles. The summed E-state index contributed by atoms with van der Waals surface area (Å²) in [6, 6.07) is 3.44. The van der Waals surface area contributed by atoms with Gasteiger partial charge in [-0.3, -0.25) is 4.79 Å². The van der Waals surface area contributed by atoms with Crippen LogP contribution < -0.4 is 16.0 Å². The third-order valence-electron chi connectivity index (χ3n) is 3.10. The van der Waals surface area contributed by atoms with Crippen LogP contribution in [0, 0.1) is 0 Å². The second-order valence-corrected chi connectivity index (χ2v) is 4.57. The Balaban J connectivity index is 1.80. The van der Waals surface area contributed by atoms with Crippen LogP contribution in [-0.4, -0.2) is 25.8 Å². The van der Waals surface area contributed by atoms with Gasteiger partial charge in [-0.25, -0.2) is 19.5 Å². The molecule has 21 heavy (non-hydrogen) atoms. The van der Waals surface area contributed by atoms with Crippen LogP contribution in [0.2, 0.25) is 0 Å². The molecule has 1 amide bonds. The first-order valence-electron chi connectivity index (χ1n) is 6.38. The number of nitrogen functional groups attached to an aromatic ring is 1. The maximum Gasteiger partial charge on any atom is 0.254 e. The van der Waals surface area contributed by atoms with Crippen LogP contribution in [0.1, 0.15) is 16.2 Å². The molecule has 8 heteroatoms. The fourth-order valence-electron chi connectivity index (χ4n) is 2.05. The maximum atomic E-state index is 11.1. The summed E-state index contributed by atoms with van der Waals surface area (Å²) in [7, 11) is 0. The molecule has 3 aromatic heterocycles. The molecule has 0 unspecified atom stereocenters. The van der Waals surface area contributed by atoms with Gasteiger partial charge in [0.25, 0.3) is 5.91 Å². The molecule has 0 fully saturated rings. The molecule has 0 bridgehead atoms. The molecule has 3 aromatic rings. The number of aromatic nitrogens is 5. The number of nitrogens with zero attached hydrogens (tertiary/aromatic N) is 4. The quantitative estimate of drug-likeness (QED) is 0.560. The van der Waals surface area contributed by atoms with Crippen LogP contribution in [0.3, 0.4) is 0 Å². The number of aromatic amines is 1. The molecular weight excluding hydrogens is 270 g/mol. The number of hydrogen-bond acceptors (Lipinski definition) is 5. The van der Waals surface area contributed by atoms with Crippen molar-refractivity contribution in [3.05, 3.63) is 42.2 Å². The van der Waals surface area contributed by atoms with Crippen molar-refractivity contribution in [3.8, 4) is 0 Å². The van der Waals surface area contributed by atoms with Crippen molar-refractivity contribution in [1.82, 2.24) is 19.9 Å². The lowest BCUT2D eigenvalue weighted by molar-refractivity contribution is -0.696. The van der Waals surface area contributed by atoms with Gasteiger partial charge in [-0.05, 0) is 6.07 Å². The number of carbonyl (C=O) groups excluding carboxylic acids is 1. The Bertz CT molecular complexity index is 811.